The number of nitrogens with zero attached hydrogens (tertiary/aromatic N) is 3. The van der Waals surface area contributed by atoms with Gasteiger partial charge in [-0.3, -0.25) is 9.59 Å². The van der Waals surface area contributed by atoms with Crippen LogP contribution in [0, 0.1) is 0 Å². The Kier molecular flexibility index (Phi) is 5.02. The van der Waals surface area contributed by atoms with Crippen molar-refractivity contribution in [2.45, 2.75) is 50.7 Å². The molecule has 2 aliphatic rings. The number of hydrogen-bond acceptors (Lipinski definition) is 4. The van der Waals surface area contributed by atoms with Crippen LogP contribution < -0.4 is 10.3 Å². The summed E-state index contributed by atoms with van der Waals surface area (Å²) in [6, 6.07) is 9.03. The number of amides is 1. The summed E-state index contributed by atoms with van der Waals surface area (Å²) in [6.07, 6.45) is 11.7. The SMILES string of the molecule is O=C(c1ncc[nH]c1=O)N1CCC(Oc2cccc3c2ccn3C2CCCC2)CC1. The zero-order valence-electron chi connectivity index (χ0n) is 16.9. The first-order chi connectivity index (χ1) is 14.7. The van der Waals surface area contributed by atoms with Crippen molar-refractivity contribution in [3.05, 3.63) is 58.9 Å². The Morgan fingerprint density at radius 1 is 1.10 bits per heavy atom. The predicted molar refractivity (Wildman–Crippen MR) is 114 cm³/mol. The van der Waals surface area contributed by atoms with Gasteiger partial charge in [-0.15, -0.1) is 0 Å². The summed E-state index contributed by atoms with van der Waals surface area (Å²) in [6.45, 7) is 1.11. The van der Waals surface area contributed by atoms with E-state index in [1.165, 1.54) is 43.6 Å². The quantitative estimate of drug-likeness (QED) is 0.719. The van der Waals surface area contributed by atoms with Gasteiger partial charge in [0.05, 0.1) is 5.52 Å². The molecular weight excluding hydrogens is 380 g/mol. The van der Waals surface area contributed by atoms with Crippen molar-refractivity contribution in [3.8, 4) is 5.75 Å². The van der Waals surface area contributed by atoms with Gasteiger partial charge in [-0.2, -0.15) is 0 Å². The first-order valence-electron chi connectivity index (χ1n) is 10.8. The van der Waals surface area contributed by atoms with E-state index < -0.39 is 5.56 Å². The van der Waals surface area contributed by atoms with Crippen LogP contribution in [0.4, 0.5) is 0 Å². The Morgan fingerprint density at radius 2 is 1.90 bits per heavy atom. The second-order valence-corrected chi connectivity index (χ2v) is 8.23. The Bertz CT molecular complexity index is 1100. The fourth-order valence-corrected chi connectivity index (χ4v) is 4.77. The number of nitrogens with one attached hydrogen (secondary N) is 1. The number of carbonyl (C=O) groups is 1. The summed E-state index contributed by atoms with van der Waals surface area (Å²) >= 11 is 0. The van der Waals surface area contributed by atoms with Crippen LogP contribution in [-0.4, -0.2) is 44.5 Å². The van der Waals surface area contributed by atoms with E-state index in [4.69, 9.17) is 4.74 Å². The van der Waals surface area contributed by atoms with Crippen LogP contribution in [0.2, 0.25) is 0 Å². The molecule has 2 aromatic heterocycles. The molecule has 156 valence electrons. The lowest BCUT2D eigenvalue weighted by atomic mass is 10.1. The minimum Gasteiger partial charge on any atom is -0.490 e. The molecule has 1 aromatic carbocycles. The molecule has 0 bridgehead atoms. The molecule has 1 saturated carbocycles. The van der Waals surface area contributed by atoms with Crippen molar-refractivity contribution in [1.29, 1.82) is 0 Å². The van der Waals surface area contributed by atoms with Crippen molar-refractivity contribution < 1.29 is 9.53 Å². The predicted octanol–water partition coefficient (Wildman–Crippen LogP) is 3.52. The van der Waals surface area contributed by atoms with Gasteiger partial charge in [-0.1, -0.05) is 18.9 Å². The highest BCUT2D eigenvalue weighted by molar-refractivity contribution is 5.92. The largest absolute Gasteiger partial charge is 0.490 e. The van der Waals surface area contributed by atoms with E-state index in [2.05, 4.69) is 38.9 Å². The molecule has 0 radical (unpaired) electrons. The average molecular weight is 406 g/mol. The highest BCUT2D eigenvalue weighted by Crippen LogP contribution is 2.36. The van der Waals surface area contributed by atoms with Crippen LogP contribution in [0.1, 0.15) is 55.1 Å². The molecule has 3 heterocycles. The topological polar surface area (TPSA) is 80.2 Å². The zero-order chi connectivity index (χ0) is 20.5. The molecule has 1 saturated heterocycles. The molecule has 0 atom stereocenters. The van der Waals surface area contributed by atoms with Crippen LogP contribution in [0.5, 0.6) is 5.75 Å². The molecule has 1 amide bonds. The van der Waals surface area contributed by atoms with E-state index in [0.29, 0.717) is 19.1 Å². The molecule has 7 heteroatoms. The first kappa shape index (κ1) is 18.9. The average Bonchev–Trinajstić information content (AvgIpc) is 3.44. The van der Waals surface area contributed by atoms with Crippen LogP contribution in [0.3, 0.4) is 0 Å². The Morgan fingerprint density at radius 3 is 2.67 bits per heavy atom. The van der Waals surface area contributed by atoms with E-state index >= 15 is 0 Å². The Balaban J connectivity index is 1.27. The molecule has 0 unspecified atom stereocenters. The summed E-state index contributed by atoms with van der Waals surface area (Å²) in [7, 11) is 0. The highest BCUT2D eigenvalue weighted by Gasteiger charge is 2.27. The van der Waals surface area contributed by atoms with E-state index in [1.54, 1.807) is 4.90 Å². The zero-order valence-corrected chi connectivity index (χ0v) is 16.9. The number of aromatic amines is 1. The van der Waals surface area contributed by atoms with Gasteiger partial charge < -0.3 is 19.2 Å². The van der Waals surface area contributed by atoms with Crippen molar-refractivity contribution in [1.82, 2.24) is 19.4 Å². The molecule has 7 nitrogen and oxygen atoms in total. The van der Waals surface area contributed by atoms with E-state index in [9.17, 15) is 9.59 Å². The van der Waals surface area contributed by atoms with E-state index in [1.807, 2.05) is 6.07 Å². The Hall–Kier alpha value is -3.09. The number of ether oxygens (including phenoxy) is 1. The lowest BCUT2D eigenvalue weighted by Crippen LogP contribution is -2.43. The van der Waals surface area contributed by atoms with Gasteiger partial charge in [0, 0.05) is 55.9 Å². The summed E-state index contributed by atoms with van der Waals surface area (Å²) in [5.74, 6) is 0.598. The maximum atomic E-state index is 12.6. The van der Waals surface area contributed by atoms with Gasteiger partial charge in [-0.25, -0.2) is 4.98 Å². The molecule has 3 aromatic rings. The number of rotatable bonds is 4. The second-order valence-electron chi connectivity index (χ2n) is 8.23. The number of benzene rings is 1. The second kappa shape index (κ2) is 7.97. The fourth-order valence-electron chi connectivity index (χ4n) is 4.77. The molecule has 5 rings (SSSR count). The van der Waals surface area contributed by atoms with Gasteiger partial charge in [-0.05, 0) is 31.0 Å². The third kappa shape index (κ3) is 3.49. The smallest absolute Gasteiger partial charge is 0.279 e. The molecule has 1 N–H and O–H groups in total. The maximum absolute atomic E-state index is 12.6. The summed E-state index contributed by atoms with van der Waals surface area (Å²) in [5.41, 5.74) is 0.746. The molecule has 1 aliphatic heterocycles. The fraction of sp³-hybridized carbons (Fsp3) is 0.435. The molecular formula is C23H26N4O3. The highest BCUT2D eigenvalue weighted by atomic mass is 16.5. The minimum atomic E-state index is -0.445. The maximum Gasteiger partial charge on any atom is 0.279 e. The molecule has 1 aliphatic carbocycles. The van der Waals surface area contributed by atoms with E-state index in [0.717, 1.165) is 24.0 Å². The van der Waals surface area contributed by atoms with Crippen LogP contribution in [0.25, 0.3) is 10.9 Å². The summed E-state index contributed by atoms with van der Waals surface area (Å²) < 4.78 is 8.77. The number of H-pyrrole nitrogens is 1. The third-order valence-electron chi connectivity index (χ3n) is 6.37. The molecule has 30 heavy (non-hydrogen) atoms. The van der Waals surface area contributed by atoms with Crippen LogP contribution in [-0.2, 0) is 0 Å². The first-order valence-corrected chi connectivity index (χ1v) is 10.8. The number of aromatic nitrogens is 3. The summed E-state index contributed by atoms with van der Waals surface area (Å²) in [5, 5.41) is 1.16. The lowest BCUT2D eigenvalue weighted by molar-refractivity contribution is 0.0590. The normalized spacial score (nSPS) is 18.2. The van der Waals surface area contributed by atoms with Gasteiger partial charge >= 0.3 is 0 Å². The van der Waals surface area contributed by atoms with Gasteiger partial charge in [0.15, 0.2) is 5.69 Å². The van der Waals surface area contributed by atoms with Crippen molar-refractivity contribution in [2.75, 3.05) is 13.1 Å². The third-order valence-corrected chi connectivity index (χ3v) is 6.37. The van der Waals surface area contributed by atoms with Crippen LogP contribution >= 0.6 is 0 Å². The van der Waals surface area contributed by atoms with Gasteiger partial charge in [0.1, 0.15) is 11.9 Å². The number of carbonyl (C=O) groups excluding carboxylic acids is 1. The lowest BCUT2D eigenvalue weighted by Gasteiger charge is -2.32. The van der Waals surface area contributed by atoms with Gasteiger partial charge in [0.2, 0.25) is 0 Å². The number of piperidine rings is 1. The minimum absolute atomic E-state index is 0.0464. The molecule has 0 spiro atoms. The van der Waals surface area contributed by atoms with Crippen molar-refractivity contribution in [2.24, 2.45) is 0 Å². The Labute approximate surface area is 174 Å². The van der Waals surface area contributed by atoms with Crippen LogP contribution in [0.15, 0.2) is 47.7 Å². The number of fused-ring (bicyclic) bond motifs is 1. The van der Waals surface area contributed by atoms with Crippen molar-refractivity contribution >= 4 is 16.8 Å². The summed E-state index contributed by atoms with van der Waals surface area (Å²) in [4.78, 5) is 32.6. The number of hydrogen-bond donors (Lipinski definition) is 1. The molecule has 2 fully saturated rings. The monoisotopic (exact) mass is 406 g/mol. The number of likely N-dealkylation sites (tertiary alicyclic amines) is 1. The van der Waals surface area contributed by atoms with Crippen molar-refractivity contribution in [3.63, 3.8) is 0 Å². The van der Waals surface area contributed by atoms with E-state index in [-0.39, 0.29) is 17.7 Å². The van der Waals surface area contributed by atoms with Gasteiger partial charge in [0.25, 0.3) is 11.5 Å². The standard InChI is InChI=1S/C23H26N4O3/c28-22-21(24-11-12-25-22)23(29)26-13-8-17(9-14-26)30-20-7-3-6-19-18(20)10-15-27(19)16-4-1-2-5-16/h3,6-7,10-12,15-17H,1-2,4-5,8-9,13-14H2,(H,25,28).